The SMILES string of the molecule is CCC1(CC)C(Br)CC1Oc1cccc(C)c1. The monoisotopic (exact) mass is 296 g/mol. The maximum atomic E-state index is 6.17. The van der Waals surface area contributed by atoms with Gasteiger partial charge in [-0.1, -0.05) is 41.9 Å². The van der Waals surface area contributed by atoms with Gasteiger partial charge in [0, 0.05) is 10.2 Å². The van der Waals surface area contributed by atoms with Crippen LogP contribution in [-0.4, -0.2) is 10.9 Å². The summed E-state index contributed by atoms with van der Waals surface area (Å²) in [5, 5.41) is 0. The van der Waals surface area contributed by atoms with E-state index in [0.717, 1.165) is 12.2 Å². The van der Waals surface area contributed by atoms with Crippen molar-refractivity contribution in [1.29, 1.82) is 0 Å². The van der Waals surface area contributed by atoms with Crippen molar-refractivity contribution in [3.8, 4) is 5.75 Å². The molecule has 2 unspecified atom stereocenters. The molecule has 0 N–H and O–H groups in total. The molecule has 0 spiro atoms. The Kier molecular flexibility index (Phi) is 3.82. The Morgan fingerprint density at radius 3 is 2.59 bits per heavy atom. The summed E-state index contributed by atoms with van der Waals surface area (Å²) >= 11 is 3.79. The van der Waals surface area contributed by atoms with Crippen LogP contribution in [0, 0.1) is 12.3 Å². The summed E-state index contributed by atoms with van der Waals surface area (Å²) in [5.74, 6) is 1.01. The van der Waals surface area contributed by atoms with E-state index in [0.29, 0.717) is 16.3 Å². The van der Waals surface area contributed by atoms with Gasteiger partial charge < -0.3 is 4.74 Å². The van der Waals surface area contributed by atoms with Gasteiger partial charge in [-0.05, 0) is 43.9 Å². The minimum Gasteiger partial charge on any atom is -0.490 e. The lowest BCUT2D eigenvalue weighted by Gasteiger charge is -2.52. The predicted molar refractivity (Wildman–Crippen MR) is 75.9 cm³/mol. The quantitative estimate of drug-likeness (QED) is 0.731. The Morgan fingerprint density at radius 2 is 2.06 bits per heavy atom. The van der Waals surface area contributed by atoms with Gasteiger partial charge in [-0.3, -0.25) is 0 Å². The smallest absolute Gasteiger partial charge is 0.120 e. The topological polar surface area (TPSA) is 9.23 Å². The molecule has 1 fully saturated rings. The summed E-state index contributed by atoms with van der Waals surface area (Å²) < 4.78 is 6.17. The largest absolute Gasteiger partial charge is 0.490 e. The lowest BCUT2D eigenvalue weighted by Crippen LogP contribution is -2.56. The maximum absolute atomic E-state index is 6.17. The molecule has 0 saturated heterocycles. The fourth-order valence-electron chi connectivity index (χ4n) is 2.87. The van der Waals surface area contributed by atoms with Crippen molar-refractivity contribution in [2.75, 3.05) is 0 Å². The second-order valence-corrected chi connectivity index (χ2v) is 6.17. The van der Waals surface area contributed by atoms with Crippen molar-refractivity contribution >= 4 is 15.9 Å². The van der Waals surface area contributed by atoms with E-state index in [4.69, 9.17) is 4.74 Å². The molecule has 0 radical (unpaired) electrons. The van der Waals surface area contributed by atoms with E-state index in [2.05, 4.69) is 61.0 Å². The van der Waals surface area contributed by atoms with Gasteiger partial charge >= 0.3 is 0 Å². The normalized spacial score (nSPS) is 26.4. The van der Waals surface area contributed by atoms with E-state index in [-0.39, 0.29) is 0 Å². The third-order valence-corrected chi connectivity index (χ3v) is 5.56. The summed E-state index contributed by atoms with van der Waals surface area (Å²) in [5.41, 5.74) is 1.58. The second kappa shape index (κ2) is 5.01. The van der Waals surface area contributed by atoms with Crippen LogP contribution in [0.2, 0.25) is 0 Å². The number of rotatable bonds is 4. The van der Waals surface area contributed by atoms with E-state index >= 15 is 0 Å². The molecule has 0 aliphatic heterocycles. The Bertz CT molecular complexity index is 384. The molecular formula is C15H21BrO. The third-order valence-electron chi connectivity index (χ3n) is 4.27. The van der Waals surface area contributed by atoms with Crippen LogP contribution in [0.25, 0.3) is 0 Å². The summed E-state index contributed by atoms with van der Waals surface area (Å²) in [7, 11) is 0. The number of alkyl halides is 1. The number of hydrogen-bond donors (Lipinski definition) is 0. The number of halogens is 1. The van der Waals surface area contributed by atoms with E-state index < -0.39 is 0 Å². The average Bonchev–Trinajstić information content (AvgIpc) is 2.30. The number of aryl methyl sites for hydroxylation is 1. The number of benzene rings is 1. The van der Waals surface area contributed by atoms with Gasteiger partial charge in [0.05, 0.1) is 0 Å². The first kappa shape index (κ1) is 12.9. The van der Waals surface area contributed by atoms with Crippen LogP contribution in [-0.2, 0) is 0 Å². The van der Waals surface area contributed by atoms with Gasteiger partial charge in [-0.15, -0.1) is 0 Å². The molecule has 2 heteroatoms. The molecule has 0 aromatic heterocycles. The maximum Gasteiger partial charge on any atom is 0.120 e. The molecule has 0 bridgehead atoms. The first-order valence-electron chi connectivity index (χ1n) is 6.49. The zero-order chi connectivity index (χ0) is 12.5. The summed E-state index contributed by atoms with van der Waals surface area (Å²) in [4.78, 5) is 0.611. The van der Waals surface area contributed by atoms with Crippen molar-refractivity contribution in [2.45, 2.75) is 51.0 Å². The Hall–Kier alpha value is -0.500. The van der Waals surface area contributed by atoms with Gasteiger partial charge in [0.15, 0.2) is 0 Å². The minimum atomic E-state index is 0.323. The average molecular weight is 297 g/mol. The minimum absolute atomic E-state index is 0.323. The van der Waals surface area contributed by atoms with Crippen LogP contribution in [0.3, 0.4) is 0 Å². The molecule has 1 nitrogen and oxygen atoms in total. The molecule has 1 aliphatic carbocycles. The van der Waals surface area contributed by atoms with Crippen LogP contribution in [0.5, 0.6) is 5.75 Å². The highest BCUT2D eigenvalue weighted by molar-refractivity contribution is 9.09. The fraction of sp³-hybridized carbons (Fsp3) is 0.600. The zero-order valence-corrected chi connectivity index (χ0v) is 12.5. The molecule has 0 amide bonds. The van der Waals surface area contributed by atoms with Crippen LogP contribution >= 0.6 is 15.9 Å². The first-order valence-corrected chi connectivity index (χ1v) is 7.41. The van der Waals surface area contributed by atoms with E-state index in [1.807, 2.05) is 0 Å². The third kappa shape index (κ3) is 2.24. The van der Waals surface area contributed by atoms with Crippen LogP contribution < -0.4 is 4.74 Å². The fourth-order valence-corrected chi connectivity index (χ4v) is 4.15. The Morgan fingerprint density at radius 1 is 1.35 bits per heavy atom. The lowest BCUT2D eigenvalue weighted by molar-refractivity contribution is -0.0411. The summed E-state index contributed by atoms with van der Waals surface area (Å²) in [6.07, 6.45) is 3.84. The standard InChI is InChI=1S/C15H21BrO/c1-4-15(5-2)13(16)10-14(15)17-12-8-6-7-11(3)9-12/h6-9,13-14H,4-5,10H2,1-3H3. The Labute approximate surface area is 113 Å². The predicted octanol–water partition coefficient (Wildman–Crippen LogP) is 4.72. The molecule has 1 aromatic rings. The summed E-state index contributed by atoms with van der Waals surface area (Å²) in [6.45, 7) is 6.64. The lowest BCUT2D eigenvalue weighted by atomic mass is 9.62. The first-order chi connectivity index (χ1) is 8.12. The number of hydrogen-bond acceptors (Lipinski definition) is 1. The van der Waals surface area contributed by atoms with Gasteiger partial charge in [-0.2, -0.15) is 0 Å². The van der Waals surface area contributed by atoms with Gasteiger partial charge in [-0.25, -0.2) is 0 Å². The highest BCUT2D eigenvalue weighted by atomic mass is 79.9. The zero-order valence-electron chi connectivity index (χ0n) is 10.9. The molecular weight excluding hydrogens is 276 g/mol. The van der Waals surface area contributed by atoms with Crippen molar-refractivity contribution < 1.29 is 4.74 Å². The second-order valence-electron chi connectivity index (χ2n) is 5.07. The molecule has 94 valence electrons. The van der Waals surface area contributed by atoms with Crippen molar-refractivity contribution in [3.05, 3.63) is 29.8 Å². The number of ether oxygens (including phenoxy) is 1. The van der Waals surface area contributed by atoms with Gasteiger partial charge in [0.1, 0.15) is 11.9 Å². The Balaban J connectivity index is 2.10. The van der Waals surface area contributed by atoms with Crippen molar-refractivity contribution in [3.63, 3.8) is 0 Å². The van der Waals surface area contributed by atoms with E-state index in [9.17, 15) is 0 Å². The van der Waals surface area contributed by atoms with Gasteiger partial charge in [0.2, 0.25) is 0 Å². The van der Waals surface area contributed by atoms with Crippen LogP contribution in [0.4, 0.5) is 0 Å². The molecule has 17 heavy (non-hydrogen) atoms. The van der Waals surface area contributed by atoms with Crippen LogP contribution in [0.15, 0.2) is 24.3 Å². The van der Waals surface area contributed by atoms with E-state index in [1.165, 1.54) is 18.4 Å². The van der Waals surface area contributed by atoms with Crippen molar-refractivity contribution in [2.24, 2.45) is 5.41 Å². The van der Waals surface area contributed by atoms with Gasteiger partial charge in [0.25, 0.3) is 0 Å². The van der Waals surface area contributed by atoms with E-state index in [1.54, 1.807) is 0 Å². The molecule has 2 rings (SSSR count). The molecule has 0 heterocycles. The molecule has 1 aliphatic rings. The molecule has 1 aromatic carbocycles. The van der Waals surface area contributed by atoms with Crippen LogP contribution in [0.1, 0.15) is 38.7 Å². The summed E-state index contributed by atoms with van der Waals surface area (Å²) in [6, 6.07) is 8.35. The van der Waals surface area contributed by atoms with Crippen molar-refractivity contribution in [1.82, 2.24) is 0 Å². The molecule has 1 saturated carbocycles. The highest BCUT2D eigenvalue weighted by Gasteiger charge is 2.53. The molecule has 2 atom stereocenters. The highest BCUT2D eigenvalue weighted by Crippen LogP contribution is 2.52.